The fourth-order valence-corrected chi connectivity index (χ4v) is 4.29. The summed E-state index contributed by atoms with van der Waals surface area (Å²) in [6.07, 6.45) is -23.1. The molecule has 0 aliphatic carbocycles. The van der Waals surface area contributed by atoms with Gasteiger partial charge in [0.05, 0.1) is 12.2 Å². The van der Waals surface area contributed by atoms with Gasteiger partial charge in [-0.25, -0.2) is 0 Å². The molecule has 0 aromatic rings. The van der Waals surface area contributed by atoms with E-state index in [2.05, 4.69) is 0 Å². The lowest BCUT2D eigenvalue weighted by atomic mass is 9.87. The van der Waals surface area contributed by atoms with Gasteiger partial charge in [-0.2, -0.15) is 114 Å². The highest BCUT2D eigenvalue weighted by Gasteiger charge is 2.95. The molecule has 0 aromatic carbocycles. The zero-order valence-corrected chi connectivity index (χ0v) is 27.3. The summed E-state index contributed by atoms with van der Waals surface area (Å²) < 4.78 is 342. The molecule has 0 heterocycles. The van der Waals surface area contributed by atoms with E-state index < -0.39 is 116 Å². The zero-order valence-electron chi connectivity index (χ0n) is 27.3. The molecule has 28 heteroatoms. The average Bonchev–Trinajstić information content (AvgIpc) is 2.99. The van der Waals surface area contributed by atoms with E-state index in [0.29, 0.717) is 0 Å². The molecule has 0 fully saturated rings. The molecular formula is C28H28F26O2. The Morgan fingerprint density at radius 3 is 0.839 bits per heavy atom. The van der Waals surface area contributed by atoms with Gasteiger partial charge >= 0.3 is 71.6 Å². The first kappa shape index (κ1) is 53.6. The minimum Gasteiger partial charge on any atom is -0.393 e. The Hall–Kier alpha value is -2.42. The Morgan fingerprint density at radius 1 is 0.321 bits per heavy atom. The number of hydrogen-bond donors (Lipinski definition) is 2. The normalized spacial score (nSPS) is 17.0. The molecule has 0 rings (SSSR count). The third-order valence-corrected chi connectivity index (χ3v) is 7.68. The van der Waals surface area contributed by atoms with E-state index in [1.807, 2.05) is 0 Å². The number of allylic oxidation sites excluding steroid dienone is 4. The molecule has 0 aliphatic rings. The third-order valence-electron chi connectivity index (χ3n) is 7.68. The molecule has 56 heavy (non-hydrogen) atoms. The molecule has 0 saturated heterocycles. The minimum atomic E-state index is -8.76. The van der Waals surface area contributed by atoms with Gasteiger partial charge < -0.3 is 10.2 Å². The van der Waals surface area contributed by atoms with Crippen molar-refractivity contribution < 1.29 is 124 Å². The number of aliphatic hydroxyl groups is 2. The van der Waals surface area contributed by atoms with Crippen LogP contribution in [0.4, 0.5) is 114 Å². The number of halogens is 26. The molecule has 0 bridgehead atoms. The lowest BCUT2D eigenvalue weighted by molar-refractivity contribution is -0.462. The van der Waals surface area contributed by atoms with E-state index in [1.165, 1.54) is 24.3 Å². The summed E-state index contributed by atoms with van der Waals surface area (Å²) in [6, 6.07) is 0. The van der Waals surface area contributed by atoms with Crippen molar-refractivity contribution >= 4 is 0 Å². The standard InChI is InChI=1S/C28H28F26O2/c29-17(30,19(33,34)21(37,38)22(39,40)23(41,42)24(43,44)26(47,48)28(52,53)54)13-15(55)11-9-7-5-3-1-2-4-6-8-10-12-16(56)14-18(31,32)20(35,36)25(45,46)27(49,50)51/h1-4,15-16,55-56H,5-14H2. The predicted octanol–water partition coefficient (Wildman–Crippen LogP) is 12.2. The van der Waals surface area contributed by atoms with Crippen LogP contribution in [0.15, 0.2) is 24.3 Å². The molecule has 334 valence electrons. The highest BCUT2D eigenvalue weighted by Crippen LogP contribution is 2.64. The van der Waals surface area contributed by atoms with Crippen LogP contribution in [-0.4, -0.2) is 94.0 Å². The van der Waals surface area contributed by atoms with Crippen molar-refractivity contribution in [2.24, 2.45) is 0 Å². The molecule has 0 saturated carbocycles. The maximum atomic E-state index is 14.0. The van der Waals surface area contributed by atoms with Crippen molar-refractivity contribution in [2.45, 2.75) is 148 Å². The second-order valence-corrected chi connectivity index (χ2v) is 12.1. The summed E-state index contributed by atoms with van der Waals surface area (Å²) >= 11 is 0. The molecule has 0 aliphatic heterocycles. The van der Waals surface area contributed by atoms with Gasteiger partial charge in [-0.15, -0.1) is 0 Å². The second kappa shape index (κ2) is 17.4. The second-order valence-electron chi connectivity index (χ2n) is 12.1. The first-order valence-corrected chi connectivity index (χ1v) is 15.1. The molecule has 0 radical (unpaired) electrons. The van der Waals surface area contributed by atoms with Crippen LogP contribution < -0.4 is 0 Å². The maximum Gasteiger partial charge on any atom is 0.460 e. The van der Waals surface area contributed by atoms with Gasteiger partial charge in [0.15, 0.2) is 0 Å². The molecule has 0 aromatic heterocycles. The van der Waals surface area contributed by atoms with Crippen LogP contribution in [0.25, 0.3) is 0 Å². The maximum absolute atomic E-state index is 14.0. The van der Waals surface area contributed by atoms with Crippen LogP contribution in [0, 0.1) is 0 Å². The first-order chi connectivity index (χ1) is 24.5. The van der Waals surface area contributed by atoms with Crippen LogP contribution >= 0.6 is 0 Å². The van der Waals surface area contributed by atoms with Gasteiger partial charge in [-0.05, 0) is 38.5 Å². The molecule has 2 unspecified atom stereocenters. The quantitative estimate of drug-likeness (QED) is 0.0610. The summed E-state index contributed by atoms with van der Waals surface area (Å²) in [4.78, 5) is 0. The predicted molar refractivity (Wildman–Crippen MR) is 138 cm³/mol. The molecule has 2 nitrogen and oxygen atoms in total. The van der Waals surface area contributed by atoms with Gasteiger partial charge in [-0.3, -0.25) is 0 Å². The summed E-state index contributed by atoms with van der Waals surface area (Å²) in [5.41, 5.74) is 0. The van der Waals surface area contributed by atoms with Crippen molar-refractivity contribution in [2.75, 3.05) is 0 Å². The highest BCUT2D eigenvalue weighted by atomic mass is 19.4. The smallest absolute Gasteiger partial charge is 0.393 e. The van der Waals surface area contributed by atoms with E-state index in [0.717, 1.165) is 0 Å². The Bertz CT molecular complexity index is 1300. The zero-order chi connectivity index (χ0) is 45.1. The first-order valence-electron chi connectivity index (χ1n) is 15.1. The molecule has 0 amide bonds. The van der Waals surface area contributed by atoms with Crippen LogP contribution in [-0.2, 0) is 0 Å². The Balaban J connectivity index is 5.05. The Morgan fingerprint density at radius 2 is 0.554 bits per heavy atom. The minimum absolute atomic E-state index is 0.0100. The molecule has 0 spiro atoms. The van der Waals surface area contributed by atoms with Gasteiger partial charge in [0.1, 0.15) is 0 Å². The van der Waals surface area contributed by atoms with Gasteiger partial charge in [0, 0.05) is 12.8 Å². The van der Waals surface area contributed by atoms with Gasteiger partial charge in [0.25, 0.3) is 0 Å². The van der Waals surface area contributed by atoms with E-state index >= 15 is 0 Å². The third kappa shape index (κ3) is 10.4. The van der Waals surface area contributed by atoms with Crippen LogP contribution in [0.2, 0.25) is 0 Å². The number of unbranched alkanes of at least 4 members (excludes halogenated alkanes) is 4. The highest BCUT2D eigenvalue weighted by molar-refractivity contribution is 5.15. The fourth-order valence-electron chi connectivity index (χ4n) is 4.29. The molecular weight excluding hydrogens is 862 g/mol. The van der Waals surface area contributed by atoms with Crippen molar-refractivity contribution in [1.82, 2.24) is 0 Å². The topological polar surface area (TPSA) is 40.5 Å². The van der Waals surface area contributed by atoms with Crippen LogP contribution in [0.5, 0.6) is 0 Å². The Labute approximate surface area is 297 Å². The fraction of sp³-hybridized carbons (Fsp3) is 0.857. The summed E-state index contributed by atoms with van der Waals surface area (Å²) in [7, 11) is 0. The number of aliphatic hydroxyl groups excluding tert-OH is 2. The summed E-state index contributed by atoms with van der Waals surface area (Å²) in [6.45, 7) is 0. The van der Waals surface area contributed by atoms with Gasteiger partial charge in [0.2, 0.25) is 0 Å². The van der Waals surface area contributed by atoms with Crippen molar-refractivity contribution in [3.05, 3.63) is 24.3 Å². The monoisotopic (exact) mass is 890 g/mol. The summed E-state index contributed by atoms with van der Waals surface area (Å²) in [5, 5.41) is 18.9. The lowest BCUT2D eigenvalue weighted by Gasteiger charge is -2.43. The molecule has 2 atom stereocenters. The van der Waals surface area contributed by atoms with Gasteiger partial charge in [-0.1, -0.05) is 37.1 Å². The number of rotatable bonds is 23. The van der Waals surface area contributed by atoms with Crippen molar-refractivity contribution in [3.8, 4) is 0 Å². The largest absolute Gasteiger partial charge is 0.460 e. The van der Waals surface area contributed by atoms with E-state index in [-0.39, 0.29) is 32.1 Å². The Kier molecular flexibility index (Phi) is 16.7. The van der Waals surface area contributed by atoms with Crippen molar-refractivity contribution in [3.63, 3.8) is 0 Å². The van der Waals surface area contributed by atoms with Crippen molar-refractivity contribution in [1.29, 1.82) is 0 Å². The van der Waals surface area contributed by atoms with Crippen LogP contribution in [0.3, 0.4) is 0 Å². The van der Waals surface area contributed by atoms with E-state index in [1.54, 1.807) is 0 Å². The lowest BCUT2D eigenvalue weighted by Crippen LogP contribution is -2.74. The SMILES string of the molecule is OC(CCCCC=CC=CCCCCC(O)CC(F)(F)C(F)(F)C(F)(F)C(F)(F)C(F)(F)C(F)(F)C(F)(F)C(F)(F)F)CC(F)(F)C(F)(F)C(F)(F)C(F)(F)F. The molecule has 2 N–H and O–H groups in total. The summed E-state index contributed by atoms with van der Waals surface area (Å²) in [5.74, 6) is -77.5. The van der Waals surface area contributed by atoms with Crippen LogP contribution in [0.1, 0.15) is 64.2 Å². The number of hydrogen-bond acceptors (Lipinski definition) is 2. The number of alkyl halides is 26. The average molecular weight is 890 g/mol. The van der Waals surface area contributed by atoms with E-state index in [4.69, 9.17) is 0 Å². The van der Waals surface area contributed by atoms with E-state index in [9.17, 15) is 124 Å².